The zero-order valence-corrected chi connectivity index (χ0v) is 16.1. The van der Waals surface area contributed by atoms with Crippen LogP contribution in [0.3, 0.4) is 0 Å². The van der Waals surface area contributed by atoms with E-state index in [1.807, 2.05) is 78.9 Å². The molecule has 0 saturated carbocycles. The van der Waals surface area contributed by atoms with Gasteiger partial charge in [0.2, 0.25) is 0 Å². The van der Waals surface area contributed by atoms with E-state index in [9.17, 15) is 4.79 Å². The van der Waals surface area contributed by atoms with E-state index in [2.05, 4.69) is 15.3 Å². The van der Waals surface area contributed by atoms with Crippen LogP contribution >= 0.6 is 0 Å². The zero-order valence-electron chi connectivity index (χ0n) is 16.1. The number of carbonyl (C=O) groups excluding carboxylic acids is 1. The SMILES string of the molecule is CN(Cc1ccccn1)C(=O)c1cn(C(c2ccccc2)c2ccccc2)nn1. The first-order chi connectivity index (χ1) is 14.2. The Balaban J connectivity index is 1.61. The molecule has 0 N–H and O–H groups in total. The highest BCUT2D eigenvalue weighted by atomic mass is 16.2. The second-order valence-corrected chi connectivity index (χ2v) is 6.79. The quantitative estimate of drug-likeness (QED) is 0.510. The Hall–Kier alpha value is -3.80. The van der Waals surface area contributed by atoms with Gasteiger partial charge < -0.3 is 4.90 Å². The van der Waals surface area contributed by atoms with Gasteiger partial charge in [0, 0.05) is 13.2 Å². The maximum Gasteiger partial charge on any atom is 0.276 e. The van der Waals surface area contributed by atoms with Crippen molar-refractivity contribution in [2.45, 2.75) is 12.6 Å². The normalized spacial score (nSPS) is 10.8. The summed E-state index contributed by atoms with van der Waals surface area (Å²) in [6, 6.07) is 25.6. The van der Waals surface area contributed by atoms with E-state index in [4.69, 9.17) is 0 Å². The smallest absolute Gasteiger partial charge is 0.276 e. The number of nitrogens with zero attached hydrogens (tertiary/aromatic N) is 5. The summed E-state index contributed by atoms with van der Waals surface area (Å²) in [6.45, 7) is 0.410. The number of amides is 1. The Bertz CT molecular complexity index is 1020. The molecule has 0 aliphatic rings. The minimum absolute atomic E-state index is 0.160. The van der Waals surface area contributed by atoms with Gasteiger partial charge in [-0.05, 0) is 23.3 Å². The van der Waals surface area contributed by atoms with Gasteiger partial charge in [0.15, 0.2) is 5.69 Å². The summed E-state index contributed by atoms with van der Waals surface area (Å²) >= 11 is 0. The molecule has 0 bridgehead atoms. The van der Waals surface area contributed by atoms with Gasteiger partial charge in [-0.25, -0.2) is 4.68 Å². The summed E-state index contributed by atoms with van der Waals surface area (Å²) < 4.78 is 1.74. The lowest BCUT2D eigenvalue weighted by molar-refractivity contribution is 0.0777. The minimum atomic E-state index is -0.193. The van der Waals surface area contributed by atoms with Crippen LogP contribution in [0.5, 0.6) is 0 Å². The van der Waals surface area contributed by atoms with Crippen molar-refractivity contribution in [3.8, 4) is 0 Å². The molecule has 4 aromatic rings. The first-order valence-corrected chi connectivity index (χ1v) is 9.39. The Morgan fingerprint density at radius 2 is 1.55 bits per heavy atom. The third-order valence-corrected chi connectivity index (χ3v) is 4.70. The molecule has 4 rings (SSSR count). The van der Waals surface area contributed by atoms with Crippen LogP contribution in [0.15, 0.2) is 91.3 Å². The molecule has 144 valence electrons. The fourth-order valence-corrected chi connectivity index (χ4v) is 3.27. The van der Waals surface area contributed by atoms with Gasteiger partial charge in [-0.2, -0.15) is 0 Å². The minimum Gasteiger partial charge on any atom is -0.334 e. The first-order valence-electron chi connectivity index (χ1n) is 9.39. The average molecular weight is 383 g/mol. The van der Waals surface area contributed by atoms with E-state index in [0.29, 0.717) is 12.2 Å². The number of rotatable bonds is 6. The molecule has 0 spiro atoms. The third kappa shape index (κ3) is 4.21. The first kappa shape index (κ1) is 18.6. The molecule has 2 aromatic carbocycles. The zero-order chi connectivity index (χ0) is 20.1. The largest absolute Gasteiger partial charge is 0.334 e. The van der Waals surface area contributed by atoms with E-state index >= 15 is 0 Å². The van der Waals surface area contributed by atoms with Gasteiger partial charge in [0.25, 0.3) is 5.91 Å². The maximum atomic E-state index is 12.8. The standard InChI is InChI=1S/C23H21N5O/c1-27(16-20-14-8-9-15-24-20)23(29)21-17-28(26-25-21)22(18-10-4-2-5-11-18)19-12-6-3-7-13-19/h2-15,17,22H,16H2,1H3. The van der Waals surface area contributed by atoms with Crippen molar-refractivity contribution < 1.29 is 4.79 Å². The predicted octanol–water partition coefficient (Wildman–Crippen LogP) is 3.58. The molecule has 0 unspecified atom stereocenters. The molecular formula is C23H21N5O. The number of hydrogen-bond acceptors (Lipinski definition) is 4. The second kappa shape index (κ2) is 8.48. The van der Waals surface area contributed by atoms with E-state index in [1.165, 1.54) is 0 Å². The summed E-state index contributed by atoms with van der Waals surface area (Å²) in [5.41, 5.74) is 3.27. The van der Waals surface area contributed by atoms with Gasteiger partial charge in [-0.15, -0.1) is 5.10 Å². The van der Waals surface area contributed by atoms with Gasteiger partial charge >= 0.3 is 0 Å². The monoisotopic (exact) mass is 383 g/mol. The van der Waals surface area contributed by atoms with Crippen molar-refractivity contribution >= 4 is 5.91 Å². The molecular weight excluding hydrogens is 362 g/mol. The van der Waals surface area contributed by atoms with Crippen LogP contribution in [-0.2, 0) is 6.54 Å². The number of aromatic nitrogens is 4. The Labute approximate surface area is 169 Å². The van der Waals surface area contributed by atoms with E-state index in [-0.39, 0.29) is 11.9 Å². The van der Waals surface area contributed by atoms with Crippen molar-refractivity contribution in [2.24, 2.45) is 0 Å². The fourth-order valence-electron chi connectivity index (χ4n) is 3.27. The molecule has 0 aliphatic heterocycles. The Kier molecular flexibility index (Phi) is 5.42. The molecule has 6 heteroatoms. The van der Waals surface area contributed by atoms with Crippen molar-refractivity contribution in [1.82, 2.24) is 24.9 Å². The van der Waals surface area contributed by atoms with E-state index < -0.39 is 0 Å². The summed E-state index contributed by atoms with van der Waals surface area (Å²) in [5.74, 6) is -0.193. The number of hydrogen-bond donors (Lipinski definition) is 0. The van der Waals surface area contributed by atoms with Gasteiger partial charge in [-0.3, -0.25) is 9.78 Å². The molecule has 6 nitrogen and oxygen atoms in total. The van der Waals surface area contributed by atoms with Crippen LogP contribution in [0.4, 0.5) is 0 Å². The van der Waals surface area contributed by atoms with Crippen molar-refractivity contribution in [1.29, 1.82) is 0 Å². The van der Waals surface area contributed by atoms with Crippen LogP contribution in [0.25, 0.3) is 0 Å². The molecule has 2 heterocycles. The second-order valence-electron chi connectivity index (χ2n) is 6.79. The number of carbonyl (C=O) groups is 1. The molecule has 0 radical (unpaired) electrons. The third-order valence-electron chi connectivity index (χ3n) is 4.70. The topological polar surface area (TPSA) is 63.9 Å². The predicted molar refractivity (Wildman–Crippen MR) is 110 cm³/mol. The summed E-state index contributed by atoms with van der Waals surface area (Å²) in [6.07, 6.45) is 3.43. The molecule has 2 aromatic heterocycles. The lowest BCUT2D eigenvalue weighted by Crippen LogP contribution is -2.27. The Morgan fingerprint density at radius 1 is 0.931 bits per heavy atom. The summed E-state index contributed by atoms with van der Waals surface area (Å²) in [7, 11) is 1.74. The highest BCUT2D eigenvalue weighted by molar-refractivity contribution is 5.91. The number of benzene rings is 2. The van der Waals surface area contributed by atoms with E-state index in [0.717, 1.165) is 16.8 Å². The van der Waals surface area contributed by atoms with Crippen LogP contribution in [0.2, 0.25) is 0 Å². The molecule has 1 amide bonds. The van der Waals surface area contributed by atoms with Crippen LogP contribution < -0.4 is 0 Å². The molecule has 0 aliphatic carbocycles. The highest BCUT2D eigenvalue weighted by Gasteiger charge is 2.21. The molecule has 29 heavy (non-hydrogen) atoms. The number of pyridine rings is 1. The van der Waals surface area contributed by atoms with Crippen molar-refractivity contribution in [3.05, 3.63) is 114 Å². The van der Waals surface area contributed by atoms with Gasteiger partial charge in [0.1, 0.15) is 6.04 Å². The summed E-state index contributed by atoms with van der Waals surface area (Å²) in [4.78, 5) is 18.7. The molecule has 0 fully saturated rings. The maximum absolute atomic E-state index is 12.8. The fraction of sp³-hybridized carbons (Fsp3) is 0.130. The van der Waals surface area contributed by atoms with Crippen LogP contribution in [-0.4, -0.2) is 37.8 Å². The van der Waals surface area contributed by atoms with Crippen molar-refractivity contribution in [2.75, 3.05) is 7.05 Å². The summed E-state index contributed by atoms with van der Waals surface area (Å²) in [5, 5.41) is 8.44. The molecule has 0 atom stereocenters. The van der Waals surface area contributed by atoms with Gasteiger partial charge in [-0.1, -0.05) is 71.9 Å². The lowest BCUT2D eigenvalue weighted by Gasteiger charge is -2.18. The Morgan fingerprint density at radius 3 is 2.14 bits per heavy atom. The van der Waals surface area contributed by atoms with Crippen molar-refractivity contribution in [3.63, 3.8) is 0 Å². The van der Waals surface area contributed by atoms with E-state index in [1.54, 1.807) is 29.0 Å². The lowest BCUT2D eigenvalue weighted by atomic mass is 9.99. The van der Waals surface area contributed by atoms with Crippen LogP contribution in [0.1, 0.15) is 33.4 Å². The van der Waals surface area contributed by atoms with Crippen LogP contribution in [0, 0.1) is 0 Å². The molecule has 0 saturated heterocycles. The van der Waals surface area contributed by atoms with Gasteiger partial charge in [0.05, 0.1) is 18.4 Å². The highest BCUT2D eigenvalue weighted by Crippen LogP contribution is 2.25. The average Bonchev–Trinajstić information content (AvgIpc) is 3.25.